The zero-order valence-corrected chi connectivity index (χ0v) is 9.11. The van der Waals surface area contributed by atoms with Gasteiger partial charge in [-0.05, 0) is 12.8 Å². The van der Waals surface area contributed by atoms with E-state index in [1.165, 1.54) is 0 Å². The number of aliphatic hydroxyl groups is 1. The molecule has 1 fully saturated rings. The summed E-state index contributed by atoms with van der Waals surface area (Å²) in [5, 5.41) is 23.2. The molecule has 0 aromatic carbocycles. The van der Waals surface area contributed by atoms with E-state index in [9.17, 15) is 14.7 Å². The Hall–Kier alpha value is -1.14. The maximum atomic E-state index is 11.2. The number of hydrogen-bond donors (Lipinski definition) is 4. The molecule has 0 saturated heterocycles. The van der Waals surface area contributed by atoms with Gasteiger partial charge in [0.05, 0.1) is 12.6 Å². The van der Waals surface area contributed by atoms with Crippen LogP contribution in [0.1, 0.15) is 25.7 Å². The highest BCUT2D eigenvalue weighted by molar-refractivity contribution is 5.82. The van der Waals surface area contributed by atoms with Crippen LogP contribution in [-0.4, -0.2) is 47.3 Å². The second-order valence-corrected chi connectivity index (χ2v) is 4.01. The number of hydrogen-bond acceptors (Lipinski definition) is 4. The first-order valence-corrected chi connectivity index (χ1v) is 5.49. The van der Waals surface area contributed by atoms with Crippen molar-refractivity contribution in [1.29, 1.82) is 0 Å². The Labute approximate surface area is 94.0 Å². The third-order valence-electron chi connectivity index (χ3n) is 2.69. The van der Waals surface area contributed by atoms with Gasteiger partial charge >= 0.3 is 5.97 Å². The lowest BCUT2D eigenvalue weighted by molar-refractivity contribution is -0.137. The van der Waals surface area contributed by atoms with Crippen molar-refractivity contribution in [2.75, 3.05) is 13.1 Å². The number of carboxylic acids is 1. The summed E-state index contributed by atoms with van der Waals surface area (Å²) in [4.78, 5) is 21.4. The summed E-state index contributed by atoms with van der Waals surface area (Å²) in [5.74, 6) is -1.42. The maximum absolute atomic E-state index is 11.2. The molecule has 0 bridgehead atoms. The summed E-state index contributed by atoms with van der Waals surface area (Å²) in [6.45, 7) is -0.317. The van der Waals surface area contributed by atoms with Gasteiger partial charge in [0, 0.05) is 6.04 Å². The minimum absolute atomic E-state index is 0.0506. The van der Waals surface area contributed by atoms with Crippen LogP contribution < -0.4 is 10.6 Å². The molecule has 0 spiro atoms. The van der Waals surface area contributed by atoms with Crippen molar-refractivity contribution in [1.82, 2.24) is 10.6 Å². The predicted octanol–water partition coefficient (Wildman–Crippen LogP) is -0.920. The van der Waals surface area contributed by atoms with Gasteiger partial charge in [-0.25, -0.2) is 0 Å². The highest BCUT2D eigenvalue weighted by Crippen LogP contribution is 2.17. The number of aliphatic hydroxyl groups excluding tert-OH is 1. The van der Waals surface area contributed by atoms with E-state index < -0.39 is 12.1 Å². The van der Waals surface area contributed by atoms with Gasteiger partial charge in [-0.2, -0.15) is 0 Å². The molecule has 0 radical (unpaired) electrons. The molecule has 6 nitrogen and oxygen atoms in total. The summed E-state index contributed by atoms with van der Waals surface area (Å²) in [6.07, 6.45) is 3.28. The average molecular weight is 230 g/mol. The molecule has 1 aliphatic rings. The molecule has 92 valence electrons. The van der Waals surface area contributed by atoms with Gasteiger partial charge in [0.2, 0.25) is 5.91 Å². The second kappa shape index (κ2) is 6.44. The van der Waals surface area contributed by atoms with Crippen molar-refractivity contribution in [3.8, 4) is 0 Å². The van der Waals surface area contributed by atoms with E-state index in [0.29, 0.717) is 0 Å². The predicted molar refractivity (Wildman–Crippen MR) is 56.9 cm³/mol. The minimum atomic E-state index is -1.06. The van der Waals surface area contributed by atoms with E-state index in [1.54, 1.807) is 0 Å². The van der Waals surface area contributed by atoms with Crippen molar-refractivity contribution >= 4 is 11.9 Å². The van der Waals surface area contributed by atoms with Crippen molar-refractivity contribution in [2.45, 2.75) is 37.8 Å². The highest BCUT2D eigenvalue weighted by Gasteiger charge is 2.22. The Balaban J connectivity index is 2.17. The number of carboxylic acid groups (broad SMARTS) is 1. The van der Waals surface area contributed by atoms with Gasteiger partial charge < -0.3 is 20.8 Å². The average Bonchev–Trinajstić information content (AvgIpc) is 2.25. The Morgan fingerprint density at radius 2 is 1.88 bits per heavy atom. The third kappa shape index (κ3) is 4.59. The molecule has 1 amide bonds. The monoisotopic (exact) mass is 230 g/mol. The van der Waals surface area contributed by atoms with Gasteiger partial charge in [-0.1, -0.05) is 12.8 Å². The Morgan fingerprint density at radius 3 is 2.50 bits per heavy atom. The number of rotatable bonds is 5. The summed E-state index contributed by atoms with van der Waals surface area (Å²) >= 11 is 0. The van der Waals surface area contributed by atoms with Crippen LogP contribution in [-0.2, 0) is 9.59 Å². The Bertz CT molecular complexity index is 257. The fourth-order valence-corrected chi connectivity index (χ4v) is 1.81. The normalized spacial score (nSPS) is 25.1. The molecule has 0 aromatic rings. The first-order chi connectivity index (χ1) is 7.59. The van der Waals surface area contributed by atoms with E-state index >= 15 is 0 Å². The molecular formula is C10H18N2O4. The van der Waals surface area contributed by atoms with Gasteiger partial charge in [0.25, 0.3) is 0 Å². The molecule has 1 rings (SSSR count). The highest BCUT2D eigenvalue weighted by atomic mass is 16.4. The smallest absolute Gasteiger partial charge is 0.322 e. The van der Waals surface area contributed by atoms with E-state index in [0.717, 1.165) is 25.7 Å². The molecule has 4 N–H and O–H groups in total. The molecular weight excluding hydrogens is 212 g/mol. The number of aliphatic carboxylic acids is 1. The Morgan fingerprint density at radius 1 is 1.19 bits per heavy atom. The summed E-state index contributed by atoms with van der Waals surface area (Å²) in [6, 6.07) is -0.0515. The van der Waals surface area contributed by atoms with Crippen molar-refractivity contribution in [2.24, 2.45) is 0 Å². The van der Waals surface area contributed by atoms with Gasteiger partial charge in [0.15, 0.2) is 0 Å². The van der Waals surface area contributed by atoms with E-state index in [1.807, 2.05) is 0 Å². The molecule has 0 heterocycles. The van der Waals surface area contributed by atoms with Gasteiger partial charge in [0.1, 0.15) is 6.54 Å². The van der Waals surface area contributed by atoms with Crippen molar-refractivity contribution in [3.63, 3.8) is 0 Å². The van der Waals surface area contributed by atoms with E-state index in [4.69, 9.17) is 5.11 Å². The maximum Gasteiger partial charge on any atom is 0.322 e. The van der Waals surface area contributed by atoms with Crippen LogP contribution >= 0.6 is 0 Å². The fraction of sp³-hybridized carbons (Fsp3) is 0.800. The van der Waals surface area contributed by atoms with E-state index in [-0.39, 0.29) is 25.0 Å². The van der Waals surface area contributed by atoms with Crippen LogP contribution in [0.4, 0.5) is 0 Å². The van der Waals surface area contributed by atoms with Crippen LogP contribution in [0.25, 0.3) is 0 Å². The minimum Gasteiger partial charge on any atom is -0.480 e. The van der Waals surface area contributed by atoms with Crippen LogP contribution in [0.5, 0.6) is 0 Å². The zero-order valence-electron chi connectivity index (χ0n) is 9.11. The molecule has 2 atom stereocenters. The fourth-order valence-electron chi connectivity index (χ4n) is 1.81. The lowest BCUT2D eigenvalue weighted by Gasteiger charge is -2.28. The Kier molecular flexibility index (Phi) is 5.21. The largest absolute Gasteiger partial charge is 0.480 e. The molecule has 0 aliphatic heterocycles. The van der Waals surface area contributed by atoms with Crippen LogP contribution in [0.3, 0.4) is 0 Å². The summed E-state index contributed by atoms with van der Waals surface area (Å²) in [5.41, 5.74) is 0. The summed E-state index contributed by atoms with van der Waals surface area (Å²) < 4.78 is 0. The lowest BCUT2D eigenvalue weighted by Crippen LogP contribution is -2.46. The number of carbonyl (C=O) groups is 2. The SMILES string of the molecule is O=C(O)CNC(=O)CNC1CCCCC1O. The van der Waals surface area contributed by atoms with Crippen molar-refractivity contribution < 1.29 is 19.8 Å². The van der Waals surface area contributed by atoms with Crippen LogP contribution in [0.15, 0.2) is 0 Å². The first-order valence-electron chi connectivity index (χ1n) is 5.49. The molecule has 16 heavy (non-hydrogen) atoms. The van der Waals surface area contributed by atoms with Gasteiger partial charge in [-0.15, -0.1) is 0 Å². The molecule has 2 unspecified atom stereocenters. The van der Waals surface area contributed by atoms with Crippen LogP contribution in [0.2, 0.25) is 0 Å². The second-order valence-electron chi connectivity index (χ2n) is 4.01. The van der Waals surface area contributed by atoms with E-state index in [2.05, 4.69) is 10.6 Å². The quantitative estimate of drug-likeness (QED) is 0.489. The molecule has 6 heteroatoms. The third-order valence-corrected chi connectivity index (χ3v) is 2.69. The molecule has 0 aromatic heterocycles. The number of nitrogens with one attached hydrogen (secondary N) is 2. The lowest BCUT2D eigenvalue weighted by atomic mass is 9.93. The standard InChI is InChI=1S/C10H18N2O4/c13-8-4-2-1-3-7(8)11-5-9(14)12-6-10(15)16/h7-8,11,13H,1-6H2,(H,12,14)(H,15,16). The number of amides is 1. The van der Waals surface area contributed by atoms with Gasteiger partial charge in [-0.3, -0.25) is 9.59 Å². The molecule has 1 saturated carbocycles. The number of carbonyl (C=O) groups excluding carboxylic acids is 1. The first kappa shape index (κ1) is 12.9. The summed E-state index contributed by atoms with van der Waals surface area (Å²) in [7, 11) is 0. The zero-order chi connectivity index (χ0) is 12.0. The van der Waals surface area contributed by atoms with Crippen molar-refractivity contribution in [3.05, 3.63) is 0 Å². The molecule has 1 aliphatic carbocycles. The topological polar surface area (TPSA) is 98.7 Å². The van der Waals surface area contributed by atoms with Crippen LogP contribution in [0, 0.1) is 0 Å².